The number of aliphatic hydroxyl groups excluding tert-OH is 1. The molecule has 2 saturated carbocycles. The third-order valence-electron chi connectivity index (χ3n) is 5.29. The molecule has 2 unspecified atom stereocenters. The average molecular weight is 332 g/mol. The lowest BCUT2D eigenvalue weighted by molar-refractivity contribution is 0.0132. The number of likely N-dealkylation sites (N-methyl/N-ethyl adjacent to an activating group) is 1. The fraction of sp³-hybridized carbons (Fsp3) is 1.00. The van der Waals surface area contributed by atoms with Crippen molar-refractivity contribution in [2.24, 2.45) is 5.41 Å². The number of hydrogen-bond acceptors (Lipinski definition) is 2. The first-order valence-electron chi connectivity index (χ1n) is 8.11. The van der Waals surface area contributed by atoms with Crippen molar-refractivity contribution in [2.45, 2.75) is 76.4 Å². The number of nitrogens with zero attached hydrogens (tertiary/aromatic N) is 1. The Morgan fingerprint density at radius 2 is 1.68 bits per heavy atom. The van der Waals surface area contributed by atoms with Gasteiger partial charge in [-0.25, -0.2) is 0 Å². The van der Waals surface area contributed by atoms with Crippen LogP contribution in [0.1, 0.15) is 64.2 Å². The summed E-state index contributed by atoms with van der Waals surface area (Å²) >= 11 is 3.78. The van der Waals surface area contributed by atoms with Crippen molar-refractivity contribution >= 4 is 15.9 Å². The summed E-state index contributed by atoms with van der Waals surface area (Å²) in [5, 5.41) is 11.3. The van der Waals surface area contributed by atoms with Gasteiger partial charge in [0.2, 0.25) is 0 Å². The molecule has 2 nitrogen and oxygen atoms in total. The molecule has 2 fully saturated rings. The Morgan fingerprint density at radius 1 is 1.05 bits per heavy atom. The molecule has 112 valence electrons. The first-order chi connectivity index (χ1) is 9.17. The van der Waals surface area contributed by atoms with Gasteiger partial charge in [0, 0.05) is 17.9 Å². The van der Waals surface area contributed by atoms with Gasteiger partial charge in [0.15, 0.2) is 0 Å². The minimum atomic E-state index is -0.100. The highest BCUT2D eigenvalue weighted by atomic mass is 79.9. The van der Waals surface area contributed by atoms with Crippen LogP contribution in [0.5, 0.6) is 0 Å². The monoisotopic (exact) mass is 331 g/mol. The maximum atomic E-state index is 10.2. The predicted octanol–water partition coefficient (Wildman–Crippen LogP) is 3.96. The van der Waals surface area contributed by atoms with E-state index in [1.165, 1.54) is 57.8 Å². The Kier molecular flexibility index (Phi) is 6.16. The van der Waals surface area contributed by atoms with Gasteiger partial charge < -0.3 is 10.0 Å². The van der Waals surface area contributed by atoms with Crippen LogP contribution >= 0.6 is 15.9 Å². The van der Waals surface area contributed by atoms with Gasteiger partial charge >= 0.3 is 0 Å². The van der Waals surface area contributed by atoms with Gasteiger partial charge in [-0.05, 0) is 38.1 Å². The van der Waals surface area contributed by atoms with Crippen LogP contribution in [-0.4, -0.2) is 41.1 Å². The van der Waals surface area contributed by atoms with Crippen LogP contribution in [0, 0.1) is 5.41 Å². The standard InChI is InChI=1S/C16H30BrNO/c1-18(14-8-4-5-9-15(14)19)13-16(12-17)10-6-2-3-7-11-16/h14-15,19H,2-13H2,1H3. The van der Waals surface area contributed by atoms with Crippen LogP contribution in [0.4, 0.5) is 0 Å². The van der Waals surface area contributed by atoms with Crippen LogP contribution in [0.15, 0.2) is 0 Å². The number of hydrogen-bond donors (Lipinski definition) is 1. The molecule has 1 N–H and O–H groups in total. The third-order valence-corrected chi connectivity index (χ3v) is 6.48. The fourth-order valence-corrected chi connectivity index (χ4v) is 4.80. The molecule has 0 saturated heterocycles. The van der Waals surface area contributed by atoms with Crippen molar-refractivity contribution in [1.82, 2.24) is 4.90 Å². The highest BCUT2D eigenvalue weighted by molar-refractivity contribution is 9.09. The van der Waals surface area contributed by atoms with E-state index >= 15 is 0 Å². The zero-order valence-corrected chi connectivity index (χ0v) is 14.0. The van der Waals surface area contributed by atoms with Gasteiger partial charge in [0.1, 0.15) is 0 Å². The van der Waals surface area contributed by atoms with Crippen LogP contribution in [0.3, 0.4) is 0 Å². The van der Waals surface area contributed by atoms with Gasteiger partial charge in [-0.1, -0.05) is 54.5 Å². The van der Waals surface area contributed by atoms with E-state index in [-0.39, 0.29) is 6.10 Å². The first kappa shape index (κ1) is 15.8. The number of alkyl halides is 1. The molecular weight excluding hydrogens is 302 g/mol. The van der Waals surface area contributed by atoms with Crippen molar-refractivity contribution in [3.8, 4) is 0 Å². The van der Waals surface area contributed by atoms with E-state index in [4.69, 9.17) is 0 Å². The minimum absolute atomic E-state index is 0.100. The molecule has 2 atom stereocenters. The highest BCUT2D eigenvalue weighted by Gasteiger charge is 2.35. The smallest absolute Gasteiger partial charge is 0.0695 e. The van der Waals surface area contributed by atoms with Crippen LogP contribution in [0.25, 0.3) is 0 Å². The summed E-state index contributed by atoms with van der Waals surface area (Å²) < 4.78 is 0. The minimum Gasteiger partial charge on any atom is -0.391 e. The van der Waals surface area contributed by atoms with Crippen molar-refractivity contribution in [3.63, 3.8) is 0 Å². The Hall–Kier alpha value is 0.400. The van der Waals surface area contributed by atoms with E-state index in [0.29, 0.717) is 11.5 Å². The third kappa shape index (κ3) is 4.18. The zero-order valence-electron chi connectivity index (χ0n) is 12.4. The van der Waals surface area contributed by atoms with E-state index in [0.717, 1.165) is 18.3 Å². The molecule has 0 spiro atoms. The molecule has 0 aromatic rings. The molecule has 19 heavy (non-hydrogen) atoms. The Bertz CT molecular complexity index is 263. The van der Waals surface area contributed by atoms with Crippen molar-refractivity contribution in [2.75, 3.05) is 18.9 Å². The summed E-state index contributed by atoms with van der Waals surface area (Å²) in [7, 11) is 2.23. The average Bonchev–Trinajstić information content (AvgIpc) is 2.65. The van der Waals surface area contributed by atoms with Gasteiger partial charge in [-0.15, -0.1) is 0 Å². The Balaban J connectivity index is 1.95. The molecule has 0 bridgehead atoms. The molecule has 0 radical (unpaired) electrons. The van der Waals surface area contributed by atoms with E-state index in [9.17, 15) is 5.11 Å². The van der Waals surface area contributed by atoms with Crippen LogP contribution < -0.4 is 0 Å². The topological polar surface area (TPSA) is 23.5 Å². The second-order valence-corrected chi connectivity index (χ2v) is 7.44. The molecule has 0 aromatic carbocycles. The van der Waals surface area contributed by atoms with Gasteiger partial charge in [-0.2, -0.15) is 0 Å². The second-order valence-electron chi connectivity index (χ2n) is 6.88. The molecule has 0 aromatic heterocycles. The van der Waals surface area contributed by atoms with E-state index in [1.807, 2.05) is 0 Å². The summed E-state index contributed by atoms with van der Waals surface area (Å²) in [5.41, 5.74) is 0.447. The van der Waals surface area contributed by atoms with Gasteiger partial charge in [-0.3, -0.25) is 0 Å². The summed E-state index contributed by atoms with van der Waals surface area (Å²) in [6.45, 7) is 1.15. The van der Waals surface area contributed by atoms with Crippen LogP contribution in [-0.2, 0) is 0 Å². The molecular formula is C16H30BrNO. The molecule has 2 rings (SSSR count). The summed E-state index contributed by atoms with van der Waals surface area (Å²) in [6.07, 6.45) is 12.8. The first-order valence-corrected chi connectivity index (χ1v) is 9.23. The summed E-state index contributed by atoms with van der Waals surface area (Å²) in [5.74, 6) is 0. The SMILES string of the molecule is CN(CC1(CBr)CCCCCC1)C1CCCCC1O. The number of halogens is 1. The maximum Gasteiger partial charge on any atom is 0.0695 e. The van der Waals surface area contributed by atoms with Crippen molar-refractivity contribution < 1.29 is 5.11 Å². The number of aliphatic hydroxyl groups is 1. The maximum absolute atomic E-state index is 10.2. The summed E-state index contributed by atoms with van der Waals surface area (Å²) in [6, 6.07) is 0.396. The molecule has 0 aliphatic heterocycles. The number of rotatable bonds is 4. The second kappa shape index (κ2) is 7.42. The molecule has 3 heteroatoms. The van der Waals surface area contributed by atoms with Crippen molar-refractivity contribution in [1.29, 1.82) is 0 Å². The predicted molar refractivity (Wildman–Crippen MR) is 84.8 cm³/mol. The summed E-state index contributed by atoms with van der Waals surface area (Å²) in [4.78, 5) is 2.47. The van der Waals surface area contributed by atoms with Crippen LogP contribution in [0.2, 0.25) is 0 Å². The molecule has 0 heterocycles. The Labute approximate surface area is 127 Å². The molecule has 2 aliphatic rings. The van der Waals surface area contributed by atoms with E-state index in [2.05, 4.69) is 27.9 Å². The highest BCUT2D eigenvalue weighted by Crippen LogP contribution is 2.38. The lowest BCUT2D eigenvalue weighted by atomic mass is 9.81. The quantitative estimate of drug-likeness (QED) is 0.622. The van der Waals surface area contributed by atoms with Gasteiger partial charge in [0.05, 0.1) is 6.10 Å². The zero-order chi connectivity index (χ0) is 13.7. The largest absolute Gasteiger partial charge is 0.391 e. The van der Waals surface area contributed by atoms with E-state index < -0.39 is 0 Å². The fourth-order valence-electron chi connectivity index (χ4n) is 4.06. The van der Waals surface area contributed by atoms with E-state index in [1.54, 1.807) is 0 Å². The lowest BCUT2D eigenvalue weighted by Crippen LogP contribution is -2.48. The molecule has 2 aliphatic carbocycles. The van der Waals surface area contributed by atoms with Gasteiger partial charge in [0.25, 0.3) is 0 Å². The van der Waals surface area contributed by atoms with Crippen molar-refractivity contribution in [3.05, 3.63) is 0 Å². The lowest BCUT2D eigenvalue weighted by Gasteiger charge is -2.41. The Morgan fingerprint density at radius 3 is 2.26 bits per heavy atom. The normalized spacial score (nSPS) is 32.2. The molecule has 0 amide bonds.